The zero-order chi connectivity index (χ0) is 21.3. The highest BCUT2D eigenvalue weighted by Crippen LogP contribution is 2.39. The van der Waals surface area contributed by atoms with Crippen molar-refractivity contribution in [3.63, 3.8) is 0 Å². The second-order valence-electron chi connectivity index (χ2n) is 8.43. The number of amides is 1. The second-order valence-corrected chi connectivity index (χ2v) is 8.43. The number of guanidine groups is 1. The molecule has 1 aliphatic rings. The molecule has 0 bridgehead atoms. The Balaban J connectivity index is 2.12. The van der Waals surface area contributed by atoms with Gasteiger partial charge in [0.2, 0.25) is 18.1 Å². The first kappa shape index (κ1) is 22.5. The number of nitriles is 1. The molecule has 0 aliphatic heterocycles. The fourth-order valence-electron chi connectivity index (χ4n) is 4.02. The predicted molar refractivity (Wildman–Crippen MR) is 117 cm³/mol. The van der Waals surface area contributed by atoms with Crippen molar-refractivity contribution in [2.75, 3.05) is 13.6 Å². The highest BCUT2D eigenvalue weighted by molar-refractivity contribution is 5.82. The number of hydrogen-bond donors (Lipinski definition) is 3. The summed E-state index contributed by atoms with van der Waals surface area (Å²) in [5.41, 5.74) is 0.708. The molecule has 0 atom stereocenters. The normalized spacial score (nSPS) is 22.3. The number of nitrogens with one attached hydrogen (secondary N) is 3. The van der Waals surface area contributed by atoms with Crippen LogP contribution in [-0.2, 0) is 10.2 Å². The smallest absolute Gasteiger partial charge is 0.225 e. The third-order valence-corrected chi connectivity index (χ3v) is 5.92. The van der Waals surface area contributed by atoms with E-state index in [0.717, 1.165) is 25.7 Å². The summed E-state index contributed by atoms with van der Waals surface area (Å²) >= 11 is 0. The first-order valence-electron chi connectivity index (χ1n) is 10.2. The first-order valence-corrected chi connectivity index (χ1v) is 10.2. The molecule has 29 heavy (non-hydrogen) atoms. The van der Waals surface area contributed by atoms with Crippen LogP contribution in [0.4, 0.5) is 0 Å². The molecule has 0 heterocycles. The van der Waals surface area contributed by atoms with E-state index in [0.29, 0.717) is 18.9 Å². The molecule has 0 radical (unpaired) electrons. The molecule has 6 heteroatoms. The molecule has 3 N–H and O–H groups in total. The SMILES string of the molecule is C=CCC(C)(C)C(=O)NC[C@]1(c2ccccc2)CC[C@H](N/C(=N/C#N)NC)CC1. The van der Waals surface area contributed by atoms with Crippen LogP contribution in [0.3, 0.4) is 0 Å². The van der Waals surface area contributed by atoms with Gasteiger partial charge in [0.25, 0.3) is 0 Å². The molecule has 0 spiro atoms. The molecule has 1 fully saturated rings. The Labute approximate surface area is 174 Å². The number of aliphatic imine (C=N–C) groups is 1. The van der Waals surface area contributed by atoms with Gasteiger partial charge in [-0.25, -0.2) is 0 Å². The van der Waals surface area contributed by atoms with E-state index < -0.39 is 5.41 Å². The monoisotopic (exact) mass is 395 g/mol. The van der Waals surface area contributed by atoms with Crippen LogP contribution >= 0.6 is 0 Å². The lowest BCUT2D eigenvalue weighted by molar-refractivity contribution is -0.129. The van der Waals surface area contributed by atoms with Crippen LogP contribution in [0.25, 0.3) is 0 Å². The molecule has 1 aromatic carbocycles. The van der Waals surface area contributed by atoms with Crippen molar-refractivity contribution < 1.29 is 4.79 Å². The Morgan fingerprint density at radius 3 is 2.55 bits per heavy atom. The molecule has 156 valence electrons. The van der Waals surface area contributed by atoms with E-state index in [1.807, 2.05) is 26.1 Å². The number of rotatable bonds is 7. The van der Waals surface area contributed by atoms with Gasteiger partial charge in [0, 0.05) is 30.5 Å². The minimum Gasteiger partial charge on any atom is -0.359 e. The summed E-state index contributed by atoms with van der Waals surface area (Å²) in [6, 6.07) is 10.7. The third-order valence-electron chi connectivity index (χ3n) is 5.92. The molecule has 6 nitrogen and oxygen atoms in total. The minimum absolute atomic E-state index is 0.0616. The van der Waals surface area contributed by atoms with Gasteiger partial charge in [0.05, 0.1) is 0 Å². The molecule has 0 saturated heterocycles. The van der Waals surface area contributed by atoms with Crippen LogP contribution in [0.15, 0.2) is 48.0 Å². The van der Waals surface area contributed by atoms with Crippen molar-refractivity contribution in [3.8, 4) is 6.19 Å². The topological polar surface area (TPSA) is 89.3 Å². The van der Waals surface area contributed by atoms with E-state index in [1.54, 1.807) is 13.1 Å². The molecule has 1 aromatic rings. The fraction of sp³-hybridized carbons (Fsp3) is 0.522. The number of hydrogen-bond acceptors (Lipinski definition) is 3. The molecular formula is C23H33N5O. The van der Waals surface area contributed by atoms with Crippen molar-refractivity contribution in [3.05, 3.63) is 48.6 Å². The number of carbonyl (C=O) groups is 1. The Hall–Kier alpha value is -2.81. The van der Waals surface area contributed by atoms with Gasteiger partial charge in [0.1, 0.15) is 0 Å². The summed E-state index contributed by atoms with van der Waals surface area (Å²) in [6.07, 6.45) is 8.02. The maximum Gasteiger partial charge on any atom is 0.225 e. The van der Waals surface area contributed by atoms with Gasteiger partial charge in [-0.15, -0.1) is 11.6 Å². The van der Waals surface area contributed by atoms with Crippen LogP contribution in [0, 0.1) is 16.9 Å². The summed E-state index contributed by atoms with van der Waals surface area (Å²) in [5.74, 6) is 0.566. The van der Waals surface area contributed by atoms with Gasteiger partial charge in [-0.1, -0.05) is 50.3 Å². The highest BCUT2D eigenvalue weighted by Gasteiger charge is 2.38. The Kier molecular flexibility index (Phi) is 7.83. The van der Waals surface area contributed by atoms with Crippen LogP contribution in [0.2, 0.25) is 0 Å². The van der Waals surface area contributed by atoms with Crippen LogP contribution < -0.4 is 16.0 Å². The van der Waals surface area contributed by atoms with Crippen LogP contribution in [0.5, 0.6) is 0 Å². The summed E-state index contributed by atoms with van der Waals surface area (Å²) in [7, 11) is 1.75. The quantitative estimate of drug-likeness (QED) is 0.286. The van der Waals surface area contributed by atoms with Crippen LogP contribution in [0.1, 0.15) is 51.5 Å². The number of carbonyl (C=O) groups excluding carboxylic acids is 1. The second kappa shape index (κ2) is 10.1. The fourth-order valence-corrected chi connectivity index (χ4v) is 4.02. The van der Waals surface area contributed by atoms with Gasteiger partial charge < -0.3 is 16.0 Å². The van der Waals surface area contributed by atoms with Gasteiger partial charge in [-0.3, -0.25) is 4.79 Å². The molecule has 1 amide bonds. The van der Waals surface area contributed by atoms with Crippen molar-refractivity contribution in [2.45, 2.75) is 57.4 Å². The molecule has 1 aliphatic carbocycles. The summed E-state index contributed by atoms with van der Waals surface area (Å²) in [4.78, 5) is 16.5. The number of allylic oxidation sites excluding steroid dienone is 1. The largest absolute Gasteiger partial charge is 0.359 e. The Morgan fingerprint density at radius 1 is 1.34 bits per heavy atom. The van der Waals surface area contributed by atoms with Gasteiger partial charge in [0.15, 0.2) is 0 Å². The van der Waals surface area contributed by atoms with Crippen molar-refractivity contribution in [1.82, 2.24) is 16.0 Å². The van der Waals surface area contributed by atoms with E-state index in [9.17, 15) is 4.79 Å². The van der Waals surface area contributed by atoms with E-state index in [1.165, 1.54) is 5.56 Å². The highest BCUT2D eigenvalue weighted by atomic mass is 16.2. The molecular weight excluding hydrogens is 362 g/mol. The van der Waals surface area contributed by atoms with Gasteiger partial charge >= 0.3 is 0 Å². The predicted octanol–water partition coefficient (Wildman–Crippen LogP) is 3.23. The lowest BCUT2D eigenvalue weighted by Gasteiger charge is -2.42. The standard InChI is InChI=1S/C23H33N5O/c1-5-13-22(2,3)20(29)26-16-23(18-9-7-6-8-10-18)14-11-19(12-15-23)28-21(25-4)27-17-24/h5-10,19H,1,11-16H2,2-4H3,(H,26,29)(H2,25,27,28)/t19-,23-. The zero-order valence-corrected chi connectivity index (χ0v) is 17.8. The molecule has 0 aromatic heterocycles. The van der Waals surface area contributed by atoms with Crippen molar-refractivity contribution >= 4 is 11.9 Å². The lowest BCUT2D eigenvalue weighted by Crippen LogP contribution is -2.50. The minimum atomic E-state index is -0.464. The Morgan fingerprint density at radius 2 is 2.00 bits per heavy atom. The maximum absolute atomic E-state index is 12.8. The summed E-state index contributed by atoms with van der Waals surface area (Å²) in [6.45, 7) is 8.29. The van der Waals surface area contributed by atoms with Gasteiger partial charge in [-0.2, -0.15) is 5.26 Å². The third kappa shape index (κ3) is 5.83. The zero-order valence-electron chi connectivity index (χ0n) is 17.8. The summed E-state index contributed by atoms with van der Waals surface area (Å²) in [5, 5.41) is 18.3. The maximum atomic E-state index is 12.8. The Bertz CT molecular complexity index is 755. The van der Waals surface area contributed by atoms with E-state index >= 15 is 0 Å². The molecule has 1 saturated carbocycles. The molecule has 0 unspecified atom stereocenters. The lowest BCUT2D eigenvalue weighted by atomic mass is 9.68. The molecule has 2 rings (SSSR count). The number of benzene rings is 1. The summed E-state index contributed by atoms with van der Waals surface area (Å²) < 4.78 is 0. The van der Waals surface area contributed by atoms with E-state index in [2.05, 4.69) is 51.8 Å². The van der Waals surface area contributed by atoms with Crippen molar-refractivity contribution in [2.24, 2.45) is 10.4 Å². The average molecular weight is 396 g/mol. The van der Waals surface area contributed by atoms with E-state index in [4.69, 9.17) is 5.26 Å². The average Bonchev–Trinajstić information content (AvgIpc) is 2.73. The van der Waals surface area contributed by atoms with Crippen LogP contribution in [-0.4, -0.2) is 31.5 Å². The van der Waals surface area contributed by atoms with Crippen molar-refractivity contribution in [1.29, 1.82) is 5.26 Å². The van der Waals surface area contributed by atoms with E-state index in [-0.39, 0.29) is 17.4 Å². The number of nitrogens with zero attached hydrogens (tertiary/aromatic N) is 2. The first-order chi connectivity index (χ1) is 13.9. The van der Waals surface area contributed by atoms with Gasteiger partial charge in [-0.05, 0) is 37.7 Å².